The molecule has 0 spiro atoms. The number of nitrogens with two attached hydrogens (primary N) is 1. The van der Waals surface area contributed by atoms with Gasteiger partial charge in [0, 0.05) is 10.8 Å². The third-order valence-electron chi connectivity index (χ3n) is 2.11. The lowest BCUT2D eigenvalue weighted by Gasteiger charge is -2.43. The van der Waals surface area contributed by atoms with E-state index in [0.29, 0.717) is 5.25 Å². The standard InChI is InChI=1S/C7H13NO2S/c1-11-5-2-7(8,3-5)4-6(9)10/h5H,2-4,8H2,1H3,(H,9,10). The third-order valence-corrected chi connectivity index (χ3v) is 3.11. The van der Waals surface area contributed by atoms with Crippen LogP contribution >= 0.6 is 11.8 Å². The van der Waals surface area contributed by atoms with Crippen LogP contribution in [-0.4, -0.2) is 28.1 Å². The molecule has 1 aliphatic carbocycles. The molecule has 0 aromatic rings. The van der Waals surface area contributed by atoms with E-state index < -0.39 is 11.5 Å². The average molecular weight is 175 g/mol. The topological polar surface area (TPSA) is 63.3 Å². The summed E-state index contributed by atoms with van der Waals surface area (Å²) in [4.78, 5) is 10.3. The van der Waals surface area contributed by atoms with Gasteiger partial charge in [0.05, 0.1) is 6.42 Å². The highest BCUT2D eigenvalue weighted by Crippen LogP contribution is 2.39. The highest BCUT2D eigenvalue weighted by molar-refractivity contribution is 7.99. The Bertz CT molecular complexity index is 166. The number of hydrogen-bond donors (Lipinski definition) is 2. The molecule has 0 aromatic heterocycles. The van der Waals surface area contributed by atoms with Crippen LogP contribution in [0.15, 0.2) is 0 Å². The van der Waals surface area contributed by atoms with Gasteiger partial charge in [-0.3, -0.25) is 4.79 Å². The molecule has 11 heavy (non-hydrogen) atoms. The molecule has 0 radical (unpaired) electrons. The lowest BCUT2D eigenvalue weighted by molar-refractivity contribution is -0.139. The number of thioether (sulfide) groups is 1. The molecule has 64 valence electrons. The first-order chi connectivity index (χ1) is 5.06. The first kappa shape index (κ1) is 8.87. The molecular formula is C7H13NO2S. The van der Waals surface area contributed by atoms with Crippen molar-refractivity contribution in [3.63, 3.8) is 0 Å². The van der Waals surface area contributed by atoms with Crippen molar-refractivity contribution < 1.29 is 9.90 Å². The second-order valence-electron chi connectivity index (χ2n) is 3.20. The van der Waals surface area contributed by atoms with Crippen LogP contribution in [0, 0.1) is 0 Å². The van der Waals surface area contributed by atoms with E-state index in [4.69, 9.17) is 10.8 Å². The second kappa shape index (κ2) is 3.03. The highest BCUT2D eigenvalue weighted by Gasteiger charge is 2.41. The minimum Gasteiger partial charge on any atom is -0.481 e. The summed E-state index contributed by atoms with van der Waals surface area (Å²) in [6.07, 6.45) is 3.84. The SMILES string of the molecule is CSC1CC(N)(CC(=O)O)C1. The molecule has 1 rings (SSSR count). The van der Waals surface area contributed by atoms with Gasteiger partial charge in [-0.05, 0) is 19.1 Å². The summed E-state index contributed by atoms with van der Waals surface area (Å²) >= 11 is 1.77. The molecule has 1 saturated carbocycles. The van der Waals surface area contributed by atoms with Gasteiger partial charge in [0.1, 0.15) is 0 Å². The molecule has 0 amide bonds. The first-order valence-corrected chi connectivity index (χ1v) is 4.88. The molecule has 0 unspecified atom stereocenters. The number of hydrogen-bond acceptors (Lipinski definition) is 3. The molecule has 0 heterocycles. The number of rotatable bonds is 3. The molecule has 1 aliphatic rings. The Hall–Kier alpha value is -0.220. The van der Waals surface area contributed by atoms with Crippen molar-refractivity contribution in [2.45, 2.75) is 30.1 Å². The highest BCUT2D eigenvalue weighted by atomic mass is 32.2. The summed E-state index contributed by atoms with van der Waals surface area (Å²) in [5.74, 6) is -0.785. The molecule has 0 saturated heterocycles. The predicted molar refractivity (Wildman–Crippen MR) is 45.7 cm³/mol. The van der Waals surface area contributed by atoms with Crippen molar-refractivity contribution in [1.29, 1.82) is 0 Å². The lowest BCUT2D eigenvalue weighted by Crippen LogP contribution is -2.54. The fourth-order valence-corrected chi connectivity index (χ4v) is 2.46. The smallest absolute Gasteiger partial charge is 0.305 e. The van der Waals surface area contributed by atoms with Gasteiger partial charge in [-0.2, -0.15) is 11.8 Å². The van der Waals surface area contributed by atoms with Gasteiger partial charge in [0.2, 0.25) is 0 Å². The number of carboxylic acids is 1. The summed E-state index contributed by atoms with van der Waals surface area (Å²) in [7, 11) is 0. The molecular weight excluding hydrogens is 162 g/mol. The molecule has 0 aromatic carbocycles. The van der Waals surface area contributed by atoms with Crippen LogP contribution in [0.2, 0.25) is 0 Å². The fourth-order valence-electron chi connectivity index (χ4n) is 1.46. The maximum atomic E-state index is 10.3. The van der Waals surface area contributed by atoms with Crippen molar-refractivity contribution in [3.8, 4) is 0 Å². The van der Waals surface area contributed by atoms with Gasteiger partial charge in [-0.1, -0.05) is 0 Å². The summed E-state index contributed by atoms with van der Waals surface area (Å²) < 4.78 is 0. The Morgan fingerprint density at radius 3 is 2.73 bits per heavy atom. The van der Waals surface area contributed by atoms with E-state index in [1.807, 2.05) is 6.26 Å². The minimum absolute atomic E-state index is 0.115. The Balaban J connectivity index is 2.31. The van der Waals surface area contributed by atoms with E-state index >= 15 is 0 Å². The number of carbonyl (C=O) groups is 1. The van der Waals surface area contributed by atoms with E-state index in [2.05, 4.69) is 0 Å². The summed E-state index contributed by atoms with van der Waals surface area (Å²) in [6, 6.07) is 0. The van der Waals surface area contributed by atoms with Crippen LogP contribution in [0.3, 0.4) is 0 Å². The first-order valence-electron chi connectivity index (χ1n) is 3.59. The maximum absolute atomic E-state index is 10.3. The molecule has 4 heteroatoms. The fraction of sp³-hybridized carbons (Fsp3) is 0.857. The Kier molecular flexibility index (Phi) is 2.44. The van der Waals surface area contributed by atoms with Crippen LogP contribution < -0.4 is 5.73 Å². The second-order valence-corrected chi connectivity index (χ2v) is 4.34. The summed E-state index contributed by atoms with van der Waals surface area (Å²) in [5, 5.41) is 9.07. The van der Waals surface area contributed by atoms with E-state index in [1.54, 1.807) is 11.8 Å². The minimum atomic E-state index is -0.785. The summed E-state index contributed by atoms with van der Waals surface area (Å²) in [5.41, 5.74) is 5.37. The van der Waals surface area contributed by atoms with Crippen LogP contribution in [0.25, 0.3) is 0 Å². The monoisotopic (exact) mass is 175 g/mol. The molecule has 3 nitrogen and oxygen atoms in total. The van der Waals surface area contributed by atoms with E-state index in [-0.39, 0.29) is 6.42 Å². The molecule has 0 bridgehead atoms. The van der Waals surface area contributed by atoms with Gasteiger partial charge in [-0.15, -0.1) is 0 Å². The van der Waals surface area contributed by atoms with Crippen molar-refractivity contribution in [1.82, 2.24) is 0 Å². The van der Waals surface area contributed by atoms with E-state index in [0.717, 1.165) is 12.8 Å². The van der Waals surface area contributed by atoms with Crippen LogP contribution in [-0.2, 0) is 4.79 Å². The van der Waals surface area contributed by atoms with Gasteiger partial charge in [0.15, 0.2) is 0 Å². The van der Waals surface area contributed by atoms with Gasteiger partial charge in [0.25, 0.3) is 0 Å². The van der Waals surface area contributed by atoms with Crippen LogP contribution in [0.5, 0.6) is 0 Å². The normalized spacial score (nSPS) is 36.4. The maximum Gasteiger partial charge on any atom is 0.305 e. The van der Waals surface area contributed by atoms with Crippen LogP contribution in [0.1, 0.15) is 19.3 Å². The molecule has 1 fully saturated rings. The van der Waals surface area contributed by atoms with Crippen molar-refractivity contribution in [2.24, 2.45) is 5.73 Å². The zero-order chi connectivity index (χ0) is 8.48. The lowest BCUT2D eigenvalue weighted by atomic mass is 9.75. The Morgan fingerprint density at radius 1 is 1.82 bits per heavy atom. The third kappa shape index (κ3) is 2.10. The van der Waals surface area contributed by atoms with Gasteiger partial charge in [-0.25, -0.2) is 0 Å². The molecule has 0 aliphatic heterocycles. The number of aliphatic carboxylic acids is 1. The van der Waals surface area contributed by atoms with Gasteiger partial charge < -0.3 is 10.8 Å². The quantitative estimate of drug-likeness (QED) is 0.662. The Labute approximate surface area is 70.3 Å². The van der Waals surface area contributed by atoms with Crippen molar-refractivity contribution >= 4 is 17.7 Å². The van der Waals surface area contributed by atoms with Crippen molar-refractivity contribution in [2.75, 3.05) is 6.26 Å². The Morgan fingerprint density at radius 2 is 2.36 bits per heavy atom. The predicted octanol–water partition coefficient (Wildman–Crippen LogP) is 0.684. The van der Waals surface area contributed by atoms with Gasteiger partial charge >= 0.3 is 5.97 Å². The largest absolute Gasteiger partial charge is 0.481 e. The average Bonchev–Trinajstić information content (AvgIpc) is 1.80. The molecule has 3 N–H and O–H groups in total. The number of carboxylic acid groups (broad SMARTS) is 1. The zero-order valence-corrected chi connectivity index (χ0v) is 7.36. The van der Waals surface area contributed by atoms with Crippen LogP contribution in [0.4, 0.5) is 0 Å². The van der Waals surface area contributed by atoms with Crippen molar-refractivity contribution in [3.05, 3.63) is 0 Å². The van der Waals surface area contributed by atoms with E-state index in [1.165, 1.54) is 0 Å². The molecule has 0 atom stereocenters. The summed E-state index contributed by atoms with van der Waals surface area (Å²) in [6.45, 7) is 0. The van der Waals surface area contributed by atoms with E-state index in [9.17, 15) is 4.79 Å². The zero-order valence-electron chi connectivity index (χ0n) is 6.54.